The van der Waals surface area contributed by atoms with Crippen LogP contribution in [-0.4, -0.2) is 5.91 Å². The van der Waals surface area contributed by atoms with Gasteiger partial charge in [0.25, 0.3) is 0 Å². The fourth-order valence-corrected chi connectivity index (χ4v) is 1.92. The van der Waals surface area contributed by atoms with Crippen LogP contribution in [0.25, 0.3) is 6.08 Å². The summed E-state index contributed by atoms with van der Waals surface area (Å²) < 4.78 is 0. The molecule has 0 radical (unpaired) electrons. The molecular formula is C15H11Cl2NO. The molecule has 0 aliphatic rings. The molecule has 0 aliphatic heterocycles. The molecule has 0 fully saturated rings. The van der Waals surface area contributed by atoms with E-state index in [9.17, 15) is 4.79 Å². The van der Waals surface area contributed by atoms with E-state index in [1.54, 1.807) is 42.5 Å². The molecule has 1 N–H and O–H groups in total. The molecule has 0 unspecified atom stereocenters. The molecule has 4 heteroatoms. The Hall–Kier alpha value is -1.77. The zero-order valence-electron chi connectivity index (χ0n) is 9.94. The number of carbonyl (C=O) groups is 1. The summed E-state index contributed by atoms with van der Waals surface area (Å²) >= 11 is 11.7. The van der Waals surface area contributed by atoms with Crippen molar-refractivity contribution in [3.05, 3.63) is 70.2 Å². The van der Waals surface area contributed by atoms with Crippen LogP contribution in [0, 0.1) is 0 Å². The van der Waals surface area contributed by atoms with Crippen LogP contribution in [0.2, 0.25) is 10.0 Å². The lowest BCUT2D eigenvalue weighted by atomic mass is 10.2. The van der Waals surface area contributed by atoms with E-state index in [1.807, 2.05) is 12.1 Å². The van der Waals surface area contributed by atoms with E-state index in [-0.39, 0.29) is 5.91 Å². The zero-order valence-corrected chi connectivity index (χ0v) is 11.4. The Morgan fingerprint density at radius 3 is 2.37 bits per heavy atom. The van der Waals surface area contributed by atoms with Crippen LogP contribution in [0.1, 0.15) is 5.56 Å². The molecular weight excluding hydrogens is 281 g/mol. The molecule has 1 amide bonds. The van der Waals surface area contributed by atoms with E-state index >= 15 is 0 Å². The quantitative estimate of drug-likeness (QED) is 0.820. The lowest BCUT2D eigenvalue weighted by molar-refractivity contribution is -0.111. The number of hydrogen-bond donors (Lipinski definition) is 1. The summed E-state index contributed by atoms with van der Waals surface area (Å²) in [6.07, 6.45) is 3.15. The summed E-state index contributed by atoms with van der Waals surface area (Å²) in [5, 5.41) is 3.94. The molecule has 2 nitrogen and oxygen atoms in total. The molecule has 0 aromatic heterocycles. The van der Waals surface area contributed by atoms with Gasteiger partial charge in [-0.15, -0.1) is 0 Å². The van der Waals surface area contributed by atoms with Gasteiger partial charge in [0.2, 0.25) is 5.91 Å². The maximum Gasteiger partial charge on any atom is 0.248 e. The van der Waals surface area contributed by atoms with Gasteiger partial charge in [-0.05, 0) is 42.0 Å². The Morgan fingerprint density at radius 1 is 1.00 bits per heavy atom. The Balaban J connectivity index is 2.01. The lowest BCUT2D eigenvalue weighted by Crippen LogP contribution is -2.07. The van der Waals surface area contributed by atoms with Crippen LogP contribution in [0.5, 0.6) is 0 Å². The minimum absolute atomic E-state index is 0.220. The highest BCUT2D eigenvalue weighted by Gasteiger charge is 1.98. The van der Waals surface area contributed by atoms with Gasteiger partial charge in [-0.2, -0.15) is 0 Å². The van der Waals surface area contributed by atoms with Crippen molar-refractivity contribution in [3.8, 4) is 0 Å². The van der Waals surface area contributed by atoms with Crippen LogP contribution in [0.3, 0.4) is 0 Å². The van der Waals surface area contributed by atoms with Gasteiger partial charge < -0.3 is 5.32 Å². The average Bonchev–Trinajstić information content (AvgIpc) is 2.36. The standard InChI is InChI=1S/C15H11Cl2NO/c16-12-4-1-3-11(9-12)7-8-15(19)18-14-6-2-5-13(17)10-14/h1-10H,(H,18,19). The number of carbonyl (C=O) groups excluding carboxylic acids is 1. The third-order valence-corrected chi connectivity index (χ3v) is 2.84. The third kappa shape index (κ3) is 4.43. The van der Waals surface area contributed by atoms with Crippen molar-refractivity contribution in [2.45, 2.75) is 0 Å². The molecule has 0 atom stereocenters. The first-order valence-electron chi connectivity index (χ1n) is 5.64. The summed E-state index contributed by atoms with van der Waals surface area (Å²) in [6, 6.07) is 14.3. The molecule has 2 aromatic carbocycles. The second-order valence-electron chi connectivity index (χ2n) is 3.89. The predicted molar refractivity (Wildman–Crippen MR) is 80.6 cm³/mol. The van der Waals surface area contributed by atoms with Gasteiger partial charge >= 0.3 is 0 Å². The number of nitrogens with one attached hydrogen (secondary N) is 1. The van der Waals surface area contributed by atoms with Crippen LogP contribution in [-0.2, 0) is 4.79 Å². The van der Waals surface area contributed by atoms with Crippen molar-refractivity contribution in [3.63, 3.8) is 0 Å². The van der Waals surface area contributed by atoms with Crippen molar-refractivity contribution in [1.29, 1.82) is 0 Å². The average molecular weight is 292 g/mol. The fraction of sp³-hybridized carbons (Fsp3) is 0. The lowest BCUT2D eigenvalue weighted by Gasteiger charge is -2.02. The van der Waals surface area contributed by atoms with E-state index in [0.29, 0.717) is 15.7 Å². The van der Waals surface area contributed by atoms with E-state index in [0.717, 1.165) is 5.56 Å². The molecule has 19 heavy (non-hydrogen) atoms. The Kier molecular flexibility index (Phi) is 4.61. The predicted octanol–water partition coefficient (Wildman–Crippen LogP) is 4.65. The van der Waals surface area contributed by atoms with Crippen molar-refractivity contribution in [2.24, 2.45) is 0 Å². The molecule has 0 bridgehead atoms. The van der Waals surface area contributed by atoms with Crippen LogP contribution in [0.15, 0.2) is 54.6 Å². The van der Waals surface area contributed by atoms with Gasteiger partial charge in [0.1, 0.15) is 0 Å². The Labute approximate surface area is 121 Å². The highest BCUT2D eigenvalue weighted by Crippen LogP contribution is 2.15. The Morgan fingerprint density at radius 2 is 1.68 bits per heavy atom. The second kappa shape index (κ2) is 6.41. The van der Waals surface area contributed by atoms with E-state index < -0.39 is 0 Å². The topological polar surface area (TPSA) is 29.1 Å². The summed E-state index contributed by atoms with van der Waals surface area (Å²) in [5.41, 5.74) is 1.53. The van der Waals surface area contributed by atoms with Crippen LogP contribution in [0.4, 0.5) is 5.69 Å². The largest absolute Gasteiger partial charge is 0.322 e. The van der Waals surface area contributed by atoms with Crippen molar-refractivity contribution in [2.75, 3.05) is 5.32 Å². The molecule has 0 saturated heterocycles. The first-order chi connectivity index (χ1) is 9.13. The number of benzene rings is 2. The van der Waals surface area contributed by atoms with Crippen LogP contribution < -0.4 is 5.32 Å². The van der Waals surface area contributed by atoms with Gasteiger partial charge in [-0.25, -0.2) is 0 Å². The maximum atomic E-state index is 11.7. The smallest absolute Gasteiger partial charge is 0.248 e. The highest BCUT2D eigenvalue weighted by molar-refractivity contribution is 6.31. The van der Waals surface area contributed by atoms with Gasteiger partial charge in [0, 0.05) is 21.8 Å². The van der Waals surface area contributed by atoms with Crippen molar-refractivity contribution < 1.29 is 4.79 Å². The normalized spacial score (nSPS) is 10.6. The second-order valence-corrected chi connectivity index (χ2v) is 4.76. The maximum absolute atomic E-state index is 11.7. The molecule has 0 heterocycles. The number of amides is 1. The number of rotatable bonds is 3. The molecule has 2 aromatic rings. The van der Waals surface area contributed by atoms with E-state index in [1.165, 1.54) is 6.08 Å². The summed E-state index contributed by atoms with van der Waals surface area (Å²) in [6.45, 7) is 0. The first-order valence-corrected chi connectivity index (χ1v) is 6.39. The highest BCUT2D eigenvalue weighted by atomic mass is 35.5. The monoisotopic (exact) mass is 291 g/mol. The fourth-order valence-electron chi connectivity index (χ4n) is 1.53. The van der Waals surface area contributed by atoms with Crippen LogP contribution >= 0.6 is 23.2 Å². The van der Waals surface area contributed by atoms with E-state index in [4.69, 9.17) is 23.2 Å². The first kappa shape index (κ1) is 13.7. The number of anilines is 1. The molecule has 0 saturated carbocycles. The number of hydrogen-bond acceptors (Lipinski definition) is 1. The molecule has 0 aliphatic carbocycles. The third-order valence-electron chi connectivity index (χ3n) is 2.37. The Bertz CT molecular complexity index is 623. The summed E-state index contributed by atoms with van der Waals surface area (Å²) in [5.74, 6) is -0.220. The molecule has 0 spiro atoms. The van der Waals surface area contributed by atoms with Gasteiger partial charge in [0.15, 0.2) is 0 Å². The number of halogens is 2. The summed E-state index contributed by atoms with van der Waals surface area (Å²) in [4.78, 5) is 11.7. The SMILES string of the molecule is O=C(C=Cc1cccc(Cl)c1)Nc1cccc(Cl)c1. The molecule has 2 rings (SSSR count). The van der Waals surface area contributed by atoms with Gasteiger partial charge in [-0.3, -0.25) is 4.79 Å². The minimum Gasteiger partial charge on any atom is -0.322 e. The van der Waals surface area contributed by atoms with Crippen molar-refractivity contribution in [1.82, 2.24) is 0 Å². The van der Waals surface area contributed by atoms with E-state index in [2.05, 4.69) is 5.32 Å². The summed E-state index contributed by atoms with van der Waals surface area (Å²) in [7, 11) is 0. The zero-order chi connectivity index (χ0) is 13.7. The van der Waals surface area contributed by atoms with Crippen molar-refractivity contribution >= 4 is 40.9 Å². The minimum atomic E-state index is -0.220. The van der Waals surface area contributed by atoms with Gasteiger partial charge in [-0.1, -0.05) is 41.4 Å². The van der Waals surface area contributed by atoms with Gasteiger partial charge in [0.05, 0.1) is 0 Å². The molecule has 96 valence electrons.